The van der Waals surface area contributed by atoms with Gasteiger partial charge in [0.05, 0.1) is 18.1 Å². The molecule has 18 heavy (non-hydrogen) atoms. The average molecular weight is 242 g/mol. The summed E-state index contributed by atoms with van der Waals surface area (Å²) in [7, 11) is 0. The van der Waals surface area contributed by atoms with Gasteiger partial charge in [-0.1, -0.05) is 30.3 Å². The molecular formula is C14H18N4. The molecule has 1 heterocycles. The lowest BCUT2D eigenvalue weighted by Gasteiger charge is -2.05. The summed E-state index contributed by atoms with van der Waals surface area (Å²) in [6, 6.07) is 10.2. The summed E-state index contributed by atoms with van der Waals surface area (Å²) in [6.07, 6.45) is 0.479. The average Bonchev–Trinajstić information content (AvgIpc) is 2.58. The van der Waals surface area contributed by atoms with Gasteiger partial charge in [0.1, 0.15) is 0 Å². The van der Waals surface area contributed by atoms with Crippen molar-refractivity contribution in [1.29, 1.82) is 5.41 Å². The number of amidine groups is 1. The summed E-state index contributed by atoms with van der Waals surface area (Å²) in [5.74, 6) is 0.181. The quantitative estimate of drug-likeness (QED) is 0.636. The first-order chi connectivity index (χ1) is 8.58. The van der Waals surface area contributed by atoms with E-state index in [2.05, 4.69) is 17.2 Å². The van der Waals surface area contributed by atoms with Crippen LogP contribution in [0.5, 0.6) is 0 Å². The van der Waals surface area contributed by atoms with E-state index in [4.69, 9.17) is 11.1 Å². The number of nitrogens with one attached hydrogen (secondary N) is 1. The molecule has 0 atom stereocenters. The molecule has 0 bridgehead atoms. The van der Waals surface area contributed by atoms with E-state index in [1.54, 1.807) is 0 Å². The molecule has 0 fully saturated rings. The van der Waals surface area contributed by atoms with Gasteiger partial charge >= 0.3 is 0 Å². The van der Waals surface area contributed by atoms with E-state index >= 15 is 0 Å². The predicted octanol–water partition coefficient (Wildman–Crippen LogP) is 2.03. The highest BCUT2D eigenvalue weighted by atomic mass is 15.3. The van der Waals surface area contributed by atoms with Gasteiger partial charge in [0.25, 0.3) is 0 Å². The smallest absolute Gasteiger partial charge is 0.0951 e. The second-order valence-corrected chi connectivity index (χ2v) is 4.49. The molecule has 2 rings (SSSR count). The van der Waals surface area contributed by atoms with E-state index in [0.717, 1.165) is 23.5 Å². The number of hydrogen-bond acceptors (Lipinski definition) is 2. The van der Waals surface area contributed by atoms with E-state index in [1.807, 2.05) is 36.7 Å². The number of rotatable bonds is 4. The SMILES string of the molecule is Cc1nn(Cc2ccccc2)c(C)c1CC(=N)N. The molecule has 1 aromatic carbocycles. The van der Waals surface area contributed by atoms with Crippen LogP contribution in [0.25, 0.3) is 0 Å². The van der Waals surface area contributed by atoms with E-state index in [1.165, 1.54) is 5.56 Å². The lowest BCUT2D eigenvalue weighted by molar-refractivity contribution is 0.658. The van der Waals surface area contributed by atoms with Gasteiger partial charge in [-0.25, -0.2) is 0 Å². The molecule has 0 spiro atoms. The Labute approximate surface area is 107 Å². The molecule has 0 saturated carbocycles. The van der Waals surface area contributed by atoms with Crippen molar-refractivity contribution in [2.24, 2.45) is 5.73 Å². The number of nitrogens with zero attached hydrogens (tertiary/aromatic N) is 2. The van der Waals surface area contributed by atoms with Crippen LogP contribution < -0.4 is 5.73 Å². The highest BCUT2D eigenvalue weighted by Gasteiger charge is 2.12. The molecule has 94 valence electrons. The highest BCUT2D eigenvalue weighted by molar-refractivity contribution is 5.79. The molecule has 0 radical (unpaired) electrons. The minimum Gasteiger partial charge on any atom is -0.387 e. The van der Waals surface area contributed by atoms with Gasteiger partial charge in [-0.05, 0) is 19.4 Å². The van der Waals surface area contributed by atoms with Crippen LogP contribution in [0.4, 0.5) is 0 Å². The van der Waals surface area contributed by atoms with Crippen LogP contribution in [0.15, 0.2) is 30.3 Å². The Balaban J connectivity index is 2.27. The Morgan fingerprint density at radius 3 is 2.56 bits per heavy atom. The molecule has 0 aliphatic heterocycles. The summed E-state index contributed by atoms with van der Waals surface area (Å²) < 4.78 is 1.98. The largest absolute Gasteiger partial charge is 0.387 e. The van der Waals surface area contributed by atoms with Crippen LogP contribution in [-0.4, -0.2) is 15.6 Å². The molecule has 0 aliphatic carbocycles. The molecule has 3 N–H and O–H groups in total. The fourth-order valence-corrected chi connectivity index (χ4v) is 2.09. The third kappa shape index (κ3) is 2.59. The van der Waals surface area contributed by atoms with Crippen molar-refractivity contribution in [3.8, 4) is 0 Å². The molecular weight excluding hydrogens is 224 g/mol. The Morgan fingerprint density at radius 2 is 1.94 bits per heavy atom. The number of aryl methyl sites for hydroxylation is 1. The fraction of sp³-hybridized carbons (Fsp3) is 0.286. The maximum Gasteiger partial charge on any atom is 0.0951 e. The van der Waals surface area contributed by atoms with Crippen LogP contribution in [-0.2, 0) is 13.0 Å². The van der Waals surface area contributed by atoms with Crippen LogP contribution in [0, 0.1) is 19.3 Å². The van der Waals surface area contributed by atoms with Crippen molar-refractivity contribution in [3.05, 3.63) is 52.8 Å². The van der Waals surface area contributed by atoms with Crippen LogP contribution >= 0.6 is 0 Å². The molecule has 0 saturated heterocycles. The van der Waals surface area contributed by atoms with Crippen molar-refractivity contribution in [3.63, 3.8) is 0 Å². The van der Waals surface area contributed by atoms with Gasteiger partial charge in [0, 0.05) is 17.7 Å². The van der Waals surface area contributed by atoms with Gasteiger partial charge in [-0.3, -0.25) is 10.1 Å². The van der Waals surface area contributed by atoms with Crippen molar-refractivity contribution in [2.75, 3.05) is 0 Å². The number of aromatic nitrogens is 2. The summed E-state index contributed by atoms with van der Waals surface area (Å²) >= 11 is 0. The fourth-order valence-electron chi connectivity index (χ4n) is 2.09. The number of nitrogens with two attached hydrogens (primary N) is 1. The van der Waals surface area contributed by atoms with Gasteiger partial charge in [-0.15, -0.1) is 0 Å². The maximum absolute atomic E-state index is 7.40. The Hall–Kier alpha value is -2.10. The first kappa shape index (κ1) is 12.4. The van der Waals surface area contributed by atoms with Crippen LogP contribution in [0.3, 0.4) is 0 Å². The predicted molar refractivity (Wildman–Crippen MR) is 72.9 cm³/mol. The molecule has 1 aromatic heterocycles. The van der Waals surface area contributed by atoms with E-state index in [9.17, 15) is 0 Å². The zero-order valence-corrected chi connectivity index (χ0v) is 10.8. The molecule has 0 unspecified atom stereocenters. The normalized spacial score (nSPS) is 10.6. The lowest BCUT2D eigenvalue weighted by atomic mass is 10.1. The van der Waals surface area contributed by atoms with Gasteiger partial charge in [-0.2, -0.15) is 5.10 Å². The van der Waals surface area contributed by atoms with Gasteiger partial charge in [0.15, 0.2) is 0 Å². The molecule has 4 heteroatoms. The zero-order chi connectivity index (χ0) is 13.1. The molecule has 2 aromatic rings. The van der Waals surface area contributed by atoms with E-state index in [-0.39, 0.29) is 5.84 Å². The minimum atomic E-state index is 0.181. The van der Waals surface area contributed by atoms with Crippen LogP contribution in [0.1, 0.15) is 22.5 Å². The number of hydrogen-bond donors (Lipinski definition) is 2. The molecule has 0 amide bonds. The van der Waals surface area contributed by atoms with Crippen molar-refractivity contribution < 1.29 is 0 Å². The summed E-state index contributed by atoms with van der Waals surface area (Å²) in [6.45, 7) is 4.75. The Kier molecular flexibility index (Phi) is 3.46. The third-order valence-corrected chi connectivity index (χ3v) is 3.07. The topological polar surface area (TPSA) is 67.7 Å². The van der Waals surface area contributed by atoms with Crippen molar-refractivity contribution in [2.45, 2.75) is 26.8 Å². The summed E-state index contributed by atoms with van der Waals surface area (Å²) in [4.78, 5) is 0. The Morgan fingerprint density at radius 1 is 1.28 bits per heavy atom. The summed E-state index contributed by atoms with van der Waals surface area (Å²) in [5, 5.41) is 11.9. The second-order valence-electron chi connectivity index (χ2n) is 4.49. The molecule has 4 nitrogen and oxygen atoms in total. The monoisotopic (exact) mass is 242 g/mol. The second kappa shape index (κ2) is 5.04. The van der Waals surface area contributed by atoms with Crippen LogP contribution in [0.2, 0.25) is 0 Å². The third-order valence-electron chi connectivity index (χ3n) is 3.07. The standard InChI is InChI=1S/C14H18N4/c1-10-13(8-14(15)16)11(2)18(17-10)9-12-6-4-3-5-7-12/h3-7H,8-9H2,1-2H3,(H3,15,16). The zero-order valence-electron chi connectivity index (χ0n) is 10.8. The molecule has 0 aliphatic rings. The lowest BCUT2D eigenvalue weighted by Crippen LogP contribution is -2.14. The minimum absolute atomic E-state index is 0.181. The Bertz CT molecular complexity index is 555. The van der Waals surface area contributed by atoms with Crippen molar-refractivity contribution in [1.82, 2.24) is 9.78 Å². The van der Waals surface area contributed by atoms with Gasteiger partial charge < -0.3 is 5.73 Å². The van der Waals surface area contributed by atoms with Gasteiger partial charge in [0.2, 0.25) is 0 Å². The van der Waals surface area contributed by atoms with Crippen molar-refractivity contribution >= 4 is 5.84 Å². The maximum atomic E-state index is 7.40. The first-order valence-corrected chi connectivity index (χ1v) is 5.97. The summed E-state index contributed by atoms with van der Waals surface area (Å²) in [5.41, 5.74) is 9.80. The highest BCUT2D eigenvalue weighted by Crippen LogP contribution is 2.15. The number of benzene rings is 1. The van der Waals surface area contributed by atoms with E-state index < -0.39 is 0 Å². The van der Waals surface area contributed by atoms with E-state index in [0.29, 0.717) is 6.42 Å². The first-order valence-electron chi connectivity index (χ1n) is 5.97.